The van der Waals surface area contributed by atoms with Gasteiger partial charge in [0, 0.05) is 17.5 Å². The van der Waals surface area contributed by atoms with Crippen LogP contribution in [0.3, 0.4) is 0 Å². The van der Waals surface area contributed by atoms with E-state index in [0.29, 0.717) is 17.9 Å². The molecule has 0 bridgehead atoms. The molecule has 0 aliphatic heterocycles. The van der Waals surface area contributed by atoms with Gasteiger partial charge in [-0.15, -0.1) is 0 Å². The Labute approximate surface area is 104 Å². The summed E-state index contributed by atoms with van der Waals surface area (Å²) in [5.41, 5.74) is 6.28. The molecule has 0 saturated carbocycles. The lowest BCUT2D eigenvalue weighted by Gasteiger charge is -2.04. The number of fused-ring (bicyclic) bond motifs is 1. The van der Waals surface area contributed by atoms with Gasteiger partial charge in [0.1, 0.15) is 17.9 Å². The van der Waals surface area contributed by atoms with Crippen LogP contribution in [0.25, 0.3) is 11.0 Å². The van der Waals surface area contributed by atoms with Crippen molar-refractivity contribution in [3.05, 3.63) is 40.2 Å². The number of ether oxygens (including phenoxy) is 1. The van der Waals surface area contributed by atoms with Gasteiger partial charge >= 0.3 is 5.63 Å². The summed E-state index contributed by atoms with van der Waals surface area (Å²) in [7, 11) is 0. The van der Waals surface area contributed by atoms with E-state index in [-0.39, 0.29) is 12.2 Å². The van der Waals surface area contributed by atoms with Crippen LogP contribution in [0.2, 0.25) is 0 Å². The van der Waals surface area contributed by atoms with Crippen molar-refractivity contribution in [3.8, 4) is 17.6 Å². The molecule has 0 spiro atoms. The Hall–Kier alpha value is -2.25. The van der Waals surface area contributed by atoms with Crippen LogP contribution >= 0.6 is 0 Å². The Morgan fingerprint density at radius 2 is 2.17 bits per heavy atom. The van der Waals surface area contributed by atoms with Crippen LogP contribution in [-0.4, -0.2) is 13.2 Å². The fourth-order valence-electron chi connectivity index (χ4n) is 1.64. The molecule has 0 fully saturated rings. The van der Waals surface area contributed by atoms with Gasteiger partial charge in [0.2, 0.25) is 0 Å². The summed E-state index contributed by atoms with van der Waals surface area (Å²) in [4.78, 5) is 11.3. The summed E-state index contributed by atoms with van der Waals surface area (Å²) in [6.45, 7) is 2.44. The zero-order valence-electron chi connectivity index (χ0n) is 10.0. The SMILES string of the molecule is Cc1cc(=O)oc2cc(OCC#CCN)ccc12. The van der Waals surface area contributed by atoms with E-state index < -0.39 is 0 Å². The fourth-order valence-corrected chi connectivity index (χ4v) is 1.64. The molecule has 0 unspecified atom stereocenters. The standard InChI is InChI=1S/C14H13NO3/c1-10-8-14(16)18-13-9-11(4-5-12(10)13)17-7-3-2-6-15/h4-5,8-9H,6-7,15H2,1H3. The van der Waals surface area contributed by atoms with Crippen molar-refractivity contribution in [1.29, 1.82) is 0 Å². The summed E-state index contributed by atoms with van der Waals surface area (Å²) in [5.74, 6) is 6.08. The van der Waals surface area contributed by atoms with Gasteiger partial charge in [0.25, 0.3) is 0 Å². The number of hydrogen-bond donors (Lipinski definition) is 1. The molecule has 92 valence electrons. The molecule has 2 rings (SSSR count). The van der Waals surface area contributed by atoms with Crippen molar-refractivity contribution in [2.24, 2.45) is 5.73 Å². The zero-order chi connectivity index (χ0) is 13.0. The molecule has 0 radical (unpaired) electrons. The maximum absolute atomic E-state index is 11.3. The summed E-state index contributed by atoms with van der Waals surface area (Å²) >= 11 is 0. The summed E-state index contributed by atoms with van der Waals surface area (Å²) < 4.78 is 10.5. The third kappa shape index (κ3) is 2.70. The van der Waals surface area contributed by atoms with Crippen LogP contribution in [0.4, 0.5) is 0 Å². The van der Waals surface area contributed by atoms with Crippen LogP contribution in [-0.2, 0) is 0 Å². The van der Waals surface area contributed by atoms with E-state index in [9.17, 15) is 4.79 Å². The van der Waals surface area contributed by atoms with Crippen LogP contribution in [0.5, 0.6) is 5.75 Å². The minimum absolute atomic E-state index is 0.263. The Bertz CT molecular complexity index is 677. The highest BCUT2D eigenvalue weighted by molar-refractivity contribution is 5.81. The van der Waals surface area contributed by atoms with Crippen molar-refractivity contribution in [3.63, 3.8) is 0 Å². The molecule has 0 aliphatic rings. The molecule has 0 amide bonds. The highest BCUT2D eigenvalue weighted by Gasteiger charge is 2.03. The van der Waals surface area contributed by atoms with E-state index in [0.717, 1.165) is 10.9 Å². The highest BCUT2D eigenvalue weighted by Crippen LogP contribution is 2.21. The molecule has 2 N–H and O–H groups in total. The van der Waals surface area contributed by atoms with Crippen LogP contribution in [0.15, 0.2) is 33.5 Å². The van der Waals surface area contributed by atoms with Crippen LogP contribution in [0.1, 0.15) is 5.56 Å². The monoisotopic (exact) mass is 243 g/mol. The third-order valence-corrected chi connectivity index (χ3v) is 2.46. The first kappa shape index (κ1) is 12.2. The topological polar surface area (TPSA) is 65.5 Å². The molecule has 2 aromatic rings. The molecule has 0 saturated heterocycles. The van der Waals surface area contributed by atoms with Gasteiger partial charge in [-0.25, -0.2) is 4.79 Å². The number of nitrogens with two attached hydrogens (primary N) is 1. The summed E-state index contributed by atoms with van der Waals surface area (Å²) in [5, 5.41) is 0.898. The van der Waals surface area contributed by atoms with E-state index in [4.69, 9.17) is 14.9 Å². The maximum atomic E-state index is 11.3. The van der Waals surface area contributed by atoms with Gasteiger partial charge in [0.05, 0.1) is 6.54 Å². The number of benzene rings is 1. The van der Waals surface area contributed by atoms with Crippen molar-refractivity contribution in [1.82, 2.24) is 0 Å². The third-order valence-electron chi connectivity index (χ3n) is 2.46. The largest absolute Gasteiger partial charge is 0.481 e. The molecule has 1 aromatic carbocycles. The minimum atomic E-state index is -0.361. The lowest BCUT2D eigenvalue weighted by molar-refractivity contribution is 0.370. The lowest BCUT2D eigenvalue weighted by atomic mass is 10.1. The second-order valence-corrected chi connectivity index (χ2v) is 3.75. The fraction of sp³-hybridized carbons (Fsp3) is 0.214. The number of rotatable bonds is 2. The summed E-state index contributed by atoms with van der Waals surface area (Å²) in [6, 6.07) is 6.84. The van der Waals surface area contributed by atoms with E-state index in [2.05, 4.69) is 11.8 Å². The molecule has 0 atom stereocenters. The van der Waals surface area contributed by atoms with Crippen LogP contribution in [0, 0.1) is 18.8 Å². The number of hydrogen-bond acceptors (Lipinski definition) is 4. The first-order valence-corrected chi connectivity index (χ1v) is 5.54. The summed E-state index contributed by atoms with van der Waals surface area (Å²) in [6.07, 6.45) is 0. The van der Waals surface area contributed by atoms with E-state index >= 15 is 0 Å². The first-order chi connectivity index (χ1) is 8.70. The quantitative estimate of drug-likeness (QED) is 0.640. The van der Waals surface area contributed by atoms with Crippen LogP contribution < -0.4 is 16.1 Å². The van der Waals surface area contributed by atoms with Crippen molar-refractivity contribution in [2.75, 3.05) is 13.2 Å². The Kier molecular flexibility index (Phi) is 3.66. The Balaban J connectivity index is 2.29. The maximum Gasteiger partial charge on any atom is 0.336 e. The minimum Gasteiger partial charge on any atom is -0.481 e. The Morgan fingerprint density at radius 1 is 1.33 bits per heavy atom. The van der Waals surface area contributed by atoms with Crippen molar-refractivity contribution in [2.45, 2.75) is 6.92 Å². The lowest BCUT2D eigenvalue weighted by Crippen LogP contribution is -1.99. The molecule has 0 aliphatic carbocycles. The second kappa shape index (κ2) is 5.39. The van der Waals surface area contributed by atoms with E-state index in [1.807, 2.05) is 19.1 Å². The smallest absolute Gasteiger partial charge is 0.336 e. The molecule has 4 nitrogen and oxygen atoms in total. The normalized spacial score (nSPS) is 9.89. The molecule has 1 heterocycles. The van der Waals surface area contributed by atoms with Crippen molar-refractivity contribution < 1.29 is 9.15 Å². The van der Waals surface area contributed by atoms with Gasteiger partial charge in [-0.1, -0.05) is 11.8 Å². The highest BCUT2D eigenvalue weighted by atomic mass is 16.5. The van der Waals surface area contributed by atoms with Gasteiger partial charge in [0.15, 0.2) is 0 Å². The second-order valence-electron chi connectivity index (χ2n) is 3.75. The molecular formula is C14H13NO3. The van der Waals surface area contributed by atoms with Crippen molar-refractivity contribution >= 4 is 11.0 Å². The predicted molar refractivity (Wildman–Crippen MR) is 69.5 cm³/mol. The van der Waals surface area contributed by atoms with E-state index in [1.165, 1.54) is 6.07 Å². The molecular weight excluding hydrogens is 230 g/mol. The average molecular weight is 243 g/mol. The average Bonchev–Trinajstić information content (AvgIpc) is 2.34. The van der Waals surface area contributed by atoms with Gasteiger partial charge in [-0.3, -0.25) is 0 Å². The molecule has 1 aromatic heterocycles. The van der Waals surface area contributed by atoms with E-state index in [1.54, 1.807) is 6.07 Å². The predicted octanol–water partition coefficient (Wildman–Crippen LogP) is 1.44. The number of aryl methyl sites for hydroxylation is 1. The van der Waals surface area contributed by atoms with Gasteiger partial charge < -0.3 is 14.9 Å². The molecule has 18 heavy (non-hydrogen) atoms. The molecule has 4 heteroatoms. The Morgan fingerprint density at radius 3 is 2.94 bits per heavy atom. The van der Waals surface area contributed by atoms with Gasteiger partial charge in [-0.2, -0.15) is 0 Å². The van der Waals surface area contributed by atoms with Gasteiger partial charge in [-0.05, 0) is 24.6 Å². The zero-order valence-corrected chi connectivity index (χ0v) is 10.0. The first-order valence-electron chi connectivity index (χ1n) is 5.54.